The van der Waals surface area contributed by atoms with E-state index in [4.69, 9.17) is 24.2 Å². The molecule has 312 valence electrons. The quantitative estimate of drug-likeness (QED) is 0.167. The van der Waals surface area contributed by atoms with E-state index in [-0.39, 0.29) is 31.3 Å². The molecule has 4 aromatic rings. The molecule has 1 saturated heterocycles. The molecule has 4 atom stereocenters. The first-order valence-corrected chi connectivity index (χ1v) is 22.6. The maximum Gasteiger partial charge on any atom is 0.321 e. The standard InChI is InChI=1S/C43H50N6O8S2/c1-26(2)36-25-58-40(45-36)35-21-38(33-17-14-30(56-4)19-34(33)44-35)57-31-20-37-39(50)46-43(41(51)47-59(53,54)32-15-16-32)22-28(43)9-7-5-6-8-18-48(42(52)49(37)24-31)23-27-10-12-29(55-3)13-11-27/h7,9-14,17,19,21,25-26,28,31-32,37H,5-6,8,15-16,18,20,22-24H2,1-4H3,(H,46,50)(H,47,51)/t28-,31-,37+,43-/m1/s1. The van der Waals surface area contributed by atoms with Gasteiger partial charge < -0.3 is 29.3 Å². The van der Waals surface area contributed by atoms with Gasteiger partial charge in [0.25, 0.3) is 5.91 Å². The van der Waals surface area contributed by atoms with E-state index in [1.54, 1.807) is 19.1 Å². The molecule has 3 fully saturated rings. The number of nitrogens with one attached hydrogen (secondary N) is 2. The summed E-state index contributed by atoms with van der Waals surface area (Å²) in [4.78, 5) is 56.3. The second kappa shape index (κ2) is 16.4. The Morgan fingerprint density at radius 2 is 1.80 bits per heavy atom. The van der Waals surface area contributed by atoms with E-state index in [2.05, 4.69) is 23.9 Å². The fraction of sp³-hybridized carbons (Fsp3) is 0.465. The van der Waals surface area contributed by atoms with Crippen LogP contribution < -0.4 is 24.2 Å². The molecule has 2 aromatic carbocycles. The Kier molecular flexibility index (Phi) is 11.3. The number of urea groups is 1. The number of rotatable bonds is 11. The Morgan fingerprint density at radius 3 is 2.51 bits per heavy atom. The van der Waals surface area contributed by atoms with E-state index in [0.29, 0.717) is 67.2 Å². The maximum absolute atomic E-state index is 14.8. The maximum atomic E-state index is 14.8. The topological polar surface area (TPSA) is 169 Å². The summed E-state index contributed by atoms with van der Waals surface area (Å²) in [6, 6.07) is 13.6. The van der Waals surface area contributed by atoms with Crippen molar-refractivity contribution in [1.82, 2.24) is 29.8 Å². The number of methoxy groups -OCH3 is 2. The number of fused-ring (bicyclic) bond motifs is 3. The Balaban J connectivity index is 1.13. The summed E-state index contributed by atoms with van der Waals surface area (Å²) < 4.78 is 45.8. The second-order valence-electron chi connectivity index (χ2n) is 16.2. The third-order valence-electron chi connectivity index (χ3n) is 11.6. The third-order valence-corrected chi connectivity index (χ3v) is 14.3. The Morgan fingerprint density at radius 1 is 1.03 bits per heavy atom. The van der Waals surface area contributed by atoms with Gasteiger partial charge in [0.15, 0.2) is 0 Å². The largest absolute Gasteiger partial charge is 0.497 e. The van der Waals surface area contributed by atoms with Crippen molar-refractivity contribution in [2.24, 2.45) is 5.92 Å². The van der Waals surface area contributed by atoms with Gasteiger partial charge in [0.05, 0.1) is 37.2 Å². The SMILES string of the molecule is COc1ccc(CN2CCCCC=C[C@@H]3C[C@@]3(C(=O)NS(=O)(=O)C3CC3)NC(=O)[C@@H]3C[C@@H](Oc4cc(-c5nc(C(C)C)cs5)nc5cc(OC)ccc45)CN3C2=O)cc1. The number of ether oxygens (including phenoxy) is 3. The van der Waals surface area contributed by atoms with Gasteiger partial charge in [-0.25, -0.2) is 23.2 Å². The molecule has 0 radical (unpaired) electrons. The molecule has 2 aliphatic carbocycles. The van der Waals surface area contributed by atoms with Crippen molar-refractivity contribution in [3.63, 3.8) is 0 Å². The van der Waals surface area contributed by atoms with Crippen LogP contribution in [-0.4, -0.2) is 96.3 Å². The van der Waals surface area contributed by atoms with Crippen LogP contribution in [0.25, 0.3) is 21.6 Å². The summed E-state index contributed by atoms with van der Waals surface area (Å²) >= 11 is 1.50. The van der Waals surface area contributed by atoms with Gasteiger partial charge in [-0.3, -0.25) is 14.3 Å². The number of carbonyl (C=O) groups excluding carboxylic acids is 3. The van der Waals surface area contributed by atoms with Crippen LogP contribution >= 0.6 is 11.3 Å². The monoisotopic (exact) mass is 842 g/mol. The fourth-order valence-corrected chi connectivity index (χ4v) is 10.2. The van der Waals surface area contributed by atoms with Crippen LogP contribution in [0.3, 0.4) is 0 Å². The Labute approximate surface area is 348 Å². The molecule has 8 rings (SSSR count). The normalized spacial score (nSPS) is 23.6. The molecule has 0 bridgehead atoms. The summed E-state index contributed by atoms with van der Waals surface area (Å²) in [7, 11) is -0.684. The number of allylic oxidation sites excluding steroid dienone is 1. The number of pyridine rings is 1. The van der Waals surface area contributed by atoms with Gasteiger partial charge in [0.2, 0.25) is 15.9 Å². The molecule has 0 spiro atoms. The summed E-state index contributed by atoms with van der Waals surface area (Å²) in [6.07, 6.45) is 6.78. The van der Waals surface area contributed by atoms with Crippen molar-refractivity contribution in [3.8, 4) is 28.0 Å². The number of sulfonamides is 1. The van der Waals surface area contributed by atoms with Crippen molar-refractivity contribution in [1.29, 1.82) is 0 Å². The number of thiazole rings is 1. The molecule has 0 unspecified atom stereocenters. The molecule has 2 aliphatic heterocycles. The molecule has 2 saturated carbocycles. The van der Waals surface area contributed by atoms with Crippen molar-refractivity contribution >= 4 is 50.1 Å². The molecule has 4 aliphatic rings. The minimum Gasteiger partial charge on any atom is -0.497 e. The highest BCUT2D eigenvalue weighted by molar-refractivity contribution is 7.91. The van der Waals surface area contributed by atoms with Gasteiger partial charge in [0.1, 0.15) is 45.6 Å². The molecule has 16 heteroatoms. The highest BCUT2D eigenvalue weighted by Crippen LogP contribution is 2.46. The number of amides is 4. The minimum absolute atomic E-state index is 0.0820. The lowest BCUT2D eigenvalue weighted by molar-refractivity contribution is -0.131. The second-order valence-corrected chi connectivity index (χ2v) is 19.0. The lowest BCUT2D eigenvalue weighted by Gasteiger charge is -2.32. The van der Waals surface area contributed by atoms with E-state index < -0.39 is 50.7 Å². The number of nitrogens with zero attached hydrogens (tertiary/aromatic N) is 4. The average Bonchev–Trinajstić information content (AvgIpc) is 4.10. The van der Waals surface area contributed by atoms with Crippen LogP contribution in [0.1, 0.15) is 76.0 Å². The molecular weight excluding hydrogens is 793 g/mol. The number of hydrogen-bond donors (Lipinski definition) is 2. The van der Waals surface area contributed by atoms with Gasteiger partial charge in [-0.15, -0.1) is 11.3 Å². The first kappa shape index (κ1) is 40.6. The van der Waals surface area contributed by atoms with Crippen molar-refractivity contribution < 1.29 is 37.0 Å². The van der Waals surface area contributed by atoms with E-state index >= 15 is 0 Å². The zero-order valence-electron chi connectivity index (χ0n) is 33.7. The summed E-state index contributed by atoms with van der Waals surface area (Å²) in [5.41, 5.74) is 1.65. The lowest BCUT2D eigenvalue weighted by Crippen LogP contribution is -2.57. The van der Waals surface area contributed by atoms with E-state index in [1.807, 2.05) is 66.1 Å². The highest BCUT2D eigenvalue weighted by Gasteiger charge is 2.62. The van der Waals surface area contributed by atoms with Crippen LogP contribution in [-0.2, 0) is 26.2 Å². The third kappa shape index (κ3) is 8.60. The Bertz CT molecular complexity index is 2380. The summed E-state index contributed by atoms with van der Waals surface area (Å²) in [5, 5.41) is 5.83. The van der Waals surface area contributed by atoms with Gasteiger partial charge in [-0.2, -0.15) is 0 Å². The zero-order chi connectivity index (χ0) is 41.5. The first-order valence-electron chi connectivity index (χ1n) is 20.2. The number of aromatic nitrogens is 2. The molecule has 14 nitrogen and oxygen atoms in total. The number of benzene rings is 2. The Hall–Kier alpha value is -5.22. The van der Waals surface area contributed by atoms with Gasteiger partial charge in [0, 0.05) is 48.3 Å². The average molecular weight is 843 g/mol. The smallest absolute Gasteiger partial charge is 0.321 e. The van der Waals surface area contributed by atoms with Crippen molar-refractivity contribution in [2.45, 2.75) is 94.2 Å². The predicted molar refractivity (Wildman–Crippen MR) is 224 cm³/mol. The number of hydrogen-bond acceptors (Lipinski definition) is 11. The van der Waals surface area contributed by atoms with Crippen molar-refractivity contribution in [3.05, 3.63) is 77.3 Å². The fourth-order valence-electron chi connectivity index (χ4n) is 7.87. The van der Waals surface area contributed by atoms with E-state index in [9.17, 15) is 22.8 Å². The van der Waals surface area contributed by atoms with E-state index in [1.165, 1.54) is 16.2 Å². The molecule has 4 heterocycles. The molecule has 4 amide bonds. The summed E-state index contributed by atoms with van der Waals surface area (Å²) in [6.45, 7) is 5.01. The van der Waals surface area contributed by atoms with Gasteiger partial charge in [-0.1, -0.05) is 38.1 Å². The van der Waals surface area contributed by atoms with Crippen LogP contribution in [0, 0.1) is 5.92 Å². The van der Waals surface area contributed by atoms with Crippen LogP contribution in [0.5, 0.6) is 17.2 Å². The molecule has 59 heavy (non-hydrogen) atoms. The van der Waals surface area contributed by atoms with Gasteiger partial charge in [-0.05, 0) is 74.3 Å². The lowest BCUT2D eigenvalue weighted by atomic mass is 10.1. The predicted octanol–water partition coefficient (Wildman–Crippen LogP) is 6.17. The molecule has 2 aromatic heterocycles. The van der Waals surface area contributed by atoms with Crippen LogP contribution in [0.2, 0.25) is 0 Å². The van der Waals surface area contributed by atoms with Gasteiger partial charge >= 0.3 is 6.03 Å². The molecular formula is C43H50N6O8S2. The first-order chi connectivity index (χ1) is 28.4. The highest BCUT2D eigenvalue weighted by atomic mass is 32.2. The summed E-state index contributed by atoms with van der Waals surface area (Å²) in [5.74, 6) is 0.384. The van der Waals surface area contributed by atoms with Crippen molar-refractivity contribution in [2.75, 3.05) is 27.3 Å². The van der Waals surface area contributed by atoms with Crippen LogP contribution in [0.4, 0.5) is 4.79 Å². The molecule has 2 N–H and O–H groups in total. The zero-order valence-corrected chi connectivity index (χ0v) is 35.3. The van der Waals surface area contributed by atoms with Crippen LogP contribution in [0.15, 0.2) is 66.1 Å². The number of carbonyl (C=O) groups is 3. The van der Waals surface area contributed by atoms with E-state index in [0.717, 1.165) is 28.1 Å². The minimum atomic E-state index is -3.88.